The van der Waals surface area contributed by atoms with Gasteiger partial charge in [-0.1, -0.05) is 78.3 Å². The van der Waals surface area contributed by atoms with Crippen molar-refractivity contribution in [2.24, 2.45) is 35.0 Å². The molecule has 1 aromatic rings. The third kappa shape index (κ3) is 34.7. The van der Waals surface area contributed by atoms with Crippen molar-refractivity contribution in [1.82, 2.24) is 85.1 Å². The fourth-order valence-electron chi connectivity index (χ4n) is 11.0. The van der Waals surface area contributed by atoms with Crippen molar-refractivity contribution in [3.05, 3.63) is 35.9 Å². The van der Waals surface area contributed by atoms with Crippen LogP contribution in [0.15, 0.2) is 30.3 Å². The van der Waals surface area contributed by atoms with E-state index in [-0.39, 0.29) is 63.4 Å². The predicted molar refractivity (Wildman–Crippen MR) is 397 cm³/mol. The van der Waals surface area contributed by atoms with Gasteiger partial charge in [0.15, 0.2) is 5.96 Å². The van der Waals surface area contributed by atoms with Crippen molar-refractivity contribution < 1.29 is 112 Å². The van der Waals surface area contributed by atoms with Crippen molar-refractivity contribution in [3.63, 3.8) is 0 Å². The van der Waals surface area contributed by atoms with E-state index in [1.165, 1.54) is 20.8 Å². The Balaban J connectivity index is 2.22. The van der Waals surface area contributed by atoms with Gasteiger partial charge in [-0.15, -0.1) is 0 Å². The highest BCUT2D eigenvalue weighted by molar-refractivity contribution is 6.01. The number of primary amides is 2. The molecule has 112 heavy (non-hydrogen) atoms. The number of hydrogen-bond acceptors (Lipinski definition) is 24. The average Bonchev–Trinajstić information content (AvgIpc) is 1.03. The van der Waals surface area contributed by atoms with Gasteiger partial charge in [-0.3, -0.25) is 82.1 Å². The number of rotatable bonds is 51. The van der Waals surface area contributed by atoms with E-state index in [1.54, 1.807) is 51.1 Å². The summed E-state index contributed by atoms with van der Waals surface area (Å²) in [6, 6.07) is -13.8. The Kier molecular flexibility index (Phi) is 43.0. The smallest absolute Gasteiger partial charge is 0.326 e. The maximum absolute atomic E-state index is 14.2. The number of nitrogens with one attached hydrogen (secondary N) is 17. The number of carboxylic acid groups (broad SMARTS) is 1. The minimum Gasteiger partial charge on any atom is -0.480 e. The lowest BCUT2D eigenvalue weighted by atomic mass is 9.97. The van der Waals surface area contributed by atoms with Gasteiger partial charge in [-0.05, 0) is 95.6 Å². The molecule has 0 aliphatic carbocycles. The van der Waals surface area contributed by atoms with Crippen LogP contribution in [0.2, 0.25) is 0 Å². The van der Waals surface area contributed by atoms with E-state index in [0.29, 0.717) is 24.9 Å². The summed E-state index contributed by atoms with van der Waals surface area (Å²) in [6.07, 6.45) is -4.01. The fourth-order valence-corrected chi connectivity index (χ4v) is 11.0. The molecule has 0 unspecified atom stereocenters. The second kappa shape index (κ2) is 49.5. The first kappa shape index (κ1) is 97.3. The average molecular weight is 1590 g/mol. The zero-order chi connectivity index (χ0) is 84.8. The van der Waals surface area contributed by atoms with E-state index in [0.717, 1.165) is 20.8 Å². The topological polar surface area (TPSA) is 706 Å². The highest BCUT2D eigenvalue weighted by atomic mass is 16.4. The summed E-state index contributed by atoms with van der Waals surface area (Å²) in [5.41, 5.74) is 16.5. The van der Waals surface area contributed by atoms with E-state index in [4.69, 9.17) is 22.6 Å². The summed E-state index contributed by atoms with van der Waals surface area (Å²) in [5.74, 6) is -20.2. The van der Waals surface area contributed by atoms with Gasteiger partial charge in [-0.25, -0.2) is 4.79 Å². The molecule has 1 heterocycles. The molecule has 16 amide bonds. The van der Waals surface area contributed by atoms with Gasteiger partial charge in [0.05, 0.1) is 44.6 Å². The lowest BCUT2D eigenvalue weighted by Gasteiger charge is -2.30. The molecule has 628 valence electrons. The fraction of sp³-hybridized carbons (Fsp3) is 0.652. The van der Waals surface area contributed by atoms with Crippen LogP contribution in [0.1, 0.15) is 132 Å². The van der Waals surface area contributed by atoms with Crippen LogP contribution < -0.4 is 102 Å². The SMILES string of the molecule is CC[C@H](C)[C@H](NC(=O)[C@H](CO)NC(=O)[C@@H](NC(=O)[C@H](CCC(N)=O)NC(=O)[C@@H]1CCCN1)[C@@H](C)O)C(=O)N[C@H](C(=O)N[C@@H](CO)C(=O)N[C@@H](C)C(=O)N[C@H](C(=O)N[C@@H](CC(C)C)C(=O)N[C@@H](CCC(N)=O)C(=O)N[C@@H](CO)C(=O)NCC(=O)N[C@@H](Cc1ccccc1)C(=O)N[C@@H](CCCNC(=N)N)C(=O)O)C(C)C)[C@@H](C)O. The molecule has 1 aliphatic rings. The van der Waals surface area contributed by atoms with Crippen LogP contribution in [0.4, 0.5) is 0 Å². The molecule has 1 aliphatic heterocycles. The van der Waals surface area contributed by atoms with Crippen LogP contribution in [-0.2, 0) is 87.9 Å². The van der Waals surface area contributed by atoms with Gasteiger partial charge in [0.25, 0.3) is 0 Å². The first-order valence-corrected chi connectivity index (χ1v) is 36.6. The maximum Gasteiger partial charge on any atom is 0.326 e. The lowest BCUT2D eigenvalue weighted by molar-refractivity contribution is -0.142. The van der Waals surface area contributed by atoms with E-state index >= 15 is 0 Å². The molecule has 1 aromatic carbocycles. The highest BCUT2D eigenvalue weighted by Crippen LogP contribution is 2.15. The Morgan fingerprint density at radius 2 is 0.911 bits per heavy atom. The van der Waals surface area contributed by atoms with Crippen molar-refractivity contribution in [2.75, 3.05) is 39.5 Å². The number of aliphatic hydroxyl groups is 5. The highest BCUT2D eigenvalue weighted by Gasteiger charge is 2.40. The summed E-state index contributed by atoms with van der Waals surface area (Å²) < 4.78 is 0. The molecule has 0 bridgehead atoms. The molecule has 43 nitrogen and oxygen atoms in total. The largest absolute Gasteiger partial charge is 0.480 e. The summed E-state index contributed by atoms with van der Waals surface area (Å²) in [5, 5.41) is 108. The minimum absolute atomic E-state index is 0.0928. The Morgan fingerprint density at radius 1 is 0.482 bits per heavy atom. The van der Waals surface area contributed by atoms with E-state index < -0.39 is 248 Å². The summed E-state index contributed by atoms with van der Waals surface area (Å²) in [4.78, 5) is 227. The van der Waals surface area contributed by atoms with Crippen LogP contribution in [0.25, 0.3) is 0 Å². The number of hydrogen-bond donors (Lipinski definition) is 26. The third-order valence-electron chi connectivity index (χ3n) is 17.7. The van der Waals surface area contributed by atoms with Crippen LogP contribution in [0.5, 0.6) is 0 Å². The number of aliphatic hydroxyl groups excluding tert-OH is 5. The molecule has 1 saturated heterocycles. The number of benzene rings is 1. The van der Waals surface area contributed by atoms with Crippen LogP contribution in [0.3, 0.4) is 0 Å². The molecule has 43 heteroatoms. The molecule has 17 atom stereocenters. The Bertz CT molecular complexity index is 3400. The van der Waals surface area contributed by atoms with Gasteiger partial charge in [-0.2, -0.15) is 0 Å². The van der Waals surface area contributed by atoms with E-state index in [9.17, 15) is 112 Å². The molecule has 0 spiro atoms. The summed E-state index contributed by atoms with van der Waals surface area (Å²) in [7, 11) is 0. The molecule has 0 saturated carbocycles. The van der Waals surface area contributed by atoms with Gasteiger partial charge in [0, 0.05) is 25.8 Å². The standard InChI is InChI=1S/C69H114N20O23/c1-10-34(6)52(87-63(106)47(31-92)85-66(109)53(36(8)93)88-59(102)41(21-23-49(71)96)79-57(100)39-18-14-24-74-39)65(108)89-54(37(9)94)67(110)84-46(30-91)62(105)77-35(7)55(98)86-51(33(4)5)64(107)82-43(26-32(2)3)60(103)80-40(20-22-48(70)95)58(101)83-45(29-90)56(99)76-28-50(97)78-44(27-38-16-12-11-13-17-38)61(104)81-42(68(111)112)19-15-25-75-69(72)73/h11-13,16-17,32-37,39-47,51-54,74,90-94H,10,14-15,18-31H2,1-9H3,(H2,70,95)(H2,71,96)(H,76,99)(H,77,105)(H,78,97)(H,79,100)(H,80,103)(H,81,104)(H,82,107)(H,83,101)(H,84,110)(H,85,109)(H,86,98)(H,87,106)(H,88,102)(H,89,108)(H,111,112)(H4,72,73,75)/t34-,35-,36+,37+,39-,40-,41-,42-,43-,44-,45-,46-,47-,51-,52-,53-,54-/m0/s1. The van der Waals surface area contributed by atoms with Crippen molar-refractivity contribution in [3.8, 4) is 0 Å². The van der Waals surface area contributed by atoms with Gasteiger partial charge in [0.2, 0.25) is 94.5 Å². The molecule has 0 radical (unpaired) electrons. The Morgan fingerprint density at radius 3 is 1.39 bits per heavy atom. The zero-order valence-corrected chi connectivity index (χ0v) is 64.2. The number of aliphatic carboxylic acids is 1. The monoisotopic (exact) mass is 1590 g/mol. The van der Waals surface area contributed by atoms with Gasteiger partial charge < -0.3 is 133 Å². The van der Waals surface area contributed by atoms with E-state index in [1.807, 2.05) is 0 Å². The van der Waals surface area contributed by atoms with Gasteiger partial charge >= 0.3 is 5.97 Å². The Hall–Kier alpha value is -10.8. The number of guanidine groups is 1. The number of carbonyl (C=O) groups is 17. The first-order valence-electron chi connectivity index (χ1n) is 36.6. The Labute approximate surface area is 646 Å². The summed E-state index contributed by atoms with van der Waals surface area (Å²) >= 11 is 0. The van der Waals surface area contributed by atoms with Crippen molar-refractivity contribution in [2.45, 2.75) is 230 Å². The number of carboxylic acids is 1. The zero-order valence-electron chi connectivity index (χ0n) is 64.2. The minimum atomic E-state index is -1.94. The lowest BCUT2D eigenvalue weighted by Crippen LogP contribution is -2.64. The predicted octanol–water partition coefficient (Wildman–Crippen LogP) is -10.2. The van der Waals surface area contributed by atoms with Gasteiger partial charge in [0.1, 0.15) is 78.5 Å². The number of carbonyl (C=O) groups excluding carboxylic acids is 16. The quantitative estimate of drug-likeness (QED) is 0.0164. The number of amides is 16. The van der Waals surface area contributed by atoms with Crippen LogP contribution >= 0.6 is 0 Å². The van der Waals surface area contributed by atoms with Crippen molar-refractivity contribution in [1.29, 1.82) is 5.41 Å². The molecule has 29 N–H and O–H groups in total. The number of nitrogens with two attached hydrogens (primary N) is 3. The molecule has 1 fully saturated rings. The normalized spacial score (nSPS) is 16.8. The molecule has 2 rings (SSSR count). The van der Waals surface area contributed by atoms with Crippen LogP contribution in [-0.4, -0.2) is 273 Å². The molecule has 0 aromatic heterocycles. The second-order valence-electron chi connectivity index (χ2n) is 27.9. The molecular formula is C69H114N20O23. The summed E-state index contributed by atoms with van der Waals surface area (Å²) in [6.45, 7) is 9.22. The van der Waals surface area contributed by atoms with E-state index in [2.05, 4.69) is 85.1 Å². The first-order chi connectivity index (χ1) is 52.6. The molecular weight excluding hydrogens is 1480 g/mol. The maximum atomic E-state index is 14.2. The van der Waals surface area contributed by atoms with Crippen LogP contribution in [0, 0.1) is 23.2 Å². The third-order valence-corrected chi connectivity index (χ3v) is 17.7. The van der Waals surface area contributed by atoms with Crippen molar-refractivity contribution >= 4 is 106 Å². The second-order valence-corrected chi connectivity index (χ2v) is 27.9.